The number of rotatable bonds is 6. The van der Waals surface area contributed by atoms with Crippen molar-refractivity contribution in [1.82, 2.24) is 4.72 Å². The molecule has 108 valence electrons. The number of halogens is 1. The molecule has 19 heavy (non-hydrogen) atoms. The van der Waals surface area contributed by atoms with Gasteiger partial charge < -0.3 is 9.52 Å². The number of hydrogen-bond acceptors (Lipinski definition) is 6. The Balaban J connectivity index is 2.92. The van der Waals surface area contributed by atoms with Crippen molar-refractivity contribution in [3.8, 4) is 0 Å². The maximum atomic E-state index is 11.8. The Morgan fingerprint density at radius 3 is 2.42 bits per heavy atom. The molecular weight excluding hydrogens is 366 g/mol. The number of aromatic carboxylic acids is 1. The van der Waals surface area contributed by atoms with Crippen LogP contribution in [0.4, 0.5) is 0 Å². The van der Waals surface area contributed by atoms with Crippen molar-refractivity contribution in [1.29, 1.82) is 0 Å². The number of sulfonamides is 1. The van der Waals surface area contributed by atoms with Gasteiger partial charge in [-0.3, -0.25) is 0 Å². The van der Waals surface area contributed by atoms with Crippen molar-refractivity contribution in [3.05, 3.63) is 16.5 Å². The van der Waals surface area contributed by atoms with E-state index in [0.29, 0.717) is 0 Å². The zero-order valence-corrected chi connectivity index (χ0v) is 12.8. The van der Waals surface area contributed by atoms with Gasteiger partial charge in [-0.15, -0.1) is 0 Å². The SMILES string of the molecule is CS(=O)(=O)CCNS(=O)(=O)c1cc(C(=O)O)oc1Br. The summed E-state index contributed by atoms with van der Waals surface area (Å²) in [7, 11) is -7.35. The highest BCUT2D eigenvalue weighted by molar-refractivity contribution is 9.10. The molecule has 0 aliphatic carbocycles. The molecule has 0 atom stereocenters. The van der Waals surface area contributed by atoms with Gasteiger partial charge in [0.2, 0.25) is 15.8 Å². The van der Waals surface area contributed by atoms with Crippen LogP contribution in [0.15, 0.2) is 20.0 Å². The Kier molecular flexibility index (Phi) is 4.76. The lowest BCUT2D eigenvalue weighted by Gasteiger charge is -2.03. The summed E-state index contributed by atoms with van der Waals surface area (Å²) < 4.78 is 51.8. The molecule has 0 radical (unpaired) electrons. The molecule has 8 nitrogen and oxygen atoms in total. The Labute approximate surface area is 117 Å². The highest BCUT2D eigenvalue weighted by Crippen LogP contribution is 2.25. The van der Waals surface area contributed by atoms with Gasteiger partial charge in [-0.05, 0) is 15.9 Å². The van der Waals surface area contributed by atoms with E-state index < -0.39 is 36.5 Å². The second kappa shape index (κ2) is 5.61. The van der Waals surface area contributed by atoms with Gasteiger partial charge in [0, 0.05) is 18.9 Å². The number of furan rings is 1. The Morgan fingerprint density at radius 1 is 1.42 bits per heavy atom. The monoisotopic (exact) mass is 375 g/mol. The van der Waals surface area contributed by atoms with E-state index >= 15 is 0 Å². The first kappa shape index (κ1) is 16.1. The van der Waals surface area contributed by atoms with E-state index in [9.17, 15) is 21.6 Å². The maximum Gasteiger partial charge on any atom is 0.371 e. The first-order chi connectivity index (χ1) is 8.53. The largest absolute Gasteiger partial charge is 0.475 e. The van der Waals surface area contributed by atoms with Crippen LogP contribution in [-0.2, 0) is 19.9 Å². The van der Waals surface area contributed by atoms with E-state index in [1.807, 2.05) is 4.72 Å². The van der Waals surface area contributed by atoms with Crippen LogP contribution in [0.3, 0.4) is 0 Å². The molecule has 2 N–H and O–H groups in total. The minimum Gasteiger partial charge on any atom is -0.475 e. The molecule has 0 saturated carbocycles. The third kappa shape index (κ3) is 4.60. The van der Waals surface area contributed by atoms with Gasteiger partial charge in [0.1, 0.15) is 14.7 Å². The molecule has 0 amide bonds. The first-order valence-corrected chi connectivity index (χ1v) is 9.06. The van der Waals surface area contributed by atoms with Crippen LogP contribution in [0.5, 0.6) is 0 Å². The minimum atomic E-state index is -4.04. The van der Waals surface area contributed by atoms with Crippen LogP contribution in [-0.4, -0.2) is 46.5 Å². The third-order valence-electron chi connectivity index (χ3n) is 1.92. The summed E-state index contributed by atoms with van der Waals surface area (Å²) in [5.74, 6) is -2.33. The highest BCUT2D eigenvalue weighted by Gasteiger charge is 2.24. The zero-order chi connectivity index (χ0) is 14.8. The Hall–Kier alpha value is -0.910. The third-order valence-corrected chi connectivity index (χ3v) is 5.18. The average molecular weight is 376 g/mol. The topological polar surface area (TPSA) is 131 Å². The maximum absolute atomic E-state index is 11.8. The van der Waals surface area contributed by atoms with E-state index in [2.05, 4.69) is 20.3 Å². The fourth-order valence-electron chi connectivity index (χ4n) is 1.08. The molecule has 1 rings (SSSR count). The average Bonchev–Trinajstić information content (AvgIpc) is 2.58. The van der Waals surface area contributed by atoms with Gasteiger partial charge in [-0.1, -0.05) is 0 Å². The van der Waals surface area contributed by atoms with Gasteiger partial charge >= 0.3 is 5.97 Å². The van der Waals surface area contributed by atoms with Crippen LogP contribution >= 0.6 is 15.9 Å². The fraction of sp³-hybridized carbons (Fsp3) is 0.375. The summed E-state index contributed by atoms with van der Waals surface area (Å²) in [6, 6.07) is 0.829. The Morgan fingerprint density at radius 2 is 2.00 bits per heavy atom. The minimum absolute atomic E-state index is 0.267. The summed E-state index contributed by atoms with van der Waals surface area (Å²) in [6.07, 6.45) is 0.970. The van der Waals surface area contributed by atoms with Crippen molar-refractivity contribution in [2.75, 3.05) is 18.6 Å². The molecule has 0 aliphatic rings. The number of carboxylic acids is 1. The second-order valence-corrected chi connectivity index (χ2v) is 8.30. The second-order valence-electron chi connectivity index (χ2n) is 3.58. The van der Waals surface area contributed by atoms with Crippen molar-refractivity contribution in [2.45, 2.75) is 4.90 Å². The van der Waals surface area contributed by atoms with Crippen molar-refractivity contribution in [3.63, 3.8) is 0 Å². The number of sulfone groups is 1. The number of carbonyl (C=O) groups is 1. The molecule has 0 unspecified atom stereocenters. The van der Waals surface area contributed by atoms with Gasteiger partial charge in [0.05, 0.1) is 5.75 Å². The number of nitrogens with one attached hydrogen (secondary N) is 1. The van der Waals surface area contributed by atoms with Gasteiger partial charge in [-0.2, -0.15) is 0 Å². The van der Waals surface area contributed by atoms with Crippen LogP contribution in [0.1, 0.15) is 10.6 Å². The summed E-state index contributed by atoms with van der Waals surface area (Å²) in [4.78, 5) is 10.2. The highest BCUT2D eigenvalue weighted by atomic mass is 79.9. The summed E-state index contributed by atoms with van der Waals surface area (Å²) in [5, 5.41) is 8.66. The zero-order valence-electron chi connectivity index (χ0n) is 9.58. The number of carboxylic acid groups (broad SMARTS) is 1. The van der Waals surface area contributed by atoms with Gasteiger partial charge in [0.25, 0.3) is 0 Å². The Bertz CT molecular complexity index is 689. The molecule has 11 heteroatoms. The van der Waals surface area contributed by atoms with Crippen molar-refractivity contribution >= 4 is 41.8 Å². The fourth-order valence-corrected chi connectivity index (χ4v) is 3.65. The molecule has 1 aromatic heterocycles. The van der Waals surface area contributed by atoms with E-state index in [0.717, 1.165) is 12.3 Å². The molecule has 1 heterocycles. The smallest absolute Gasteiger partial charge is 0.371 e. The van der Waals surface area contributed by atoms with Crippen LogP contribution in [0.2, 0.25) is 0 Å². The van der Waals surface area contributed by atoms with E-state index in [4.69, 9.17) is 5.11 Å². The molecule has 0 spiro atoms. The summed E-state index contributed by atoms with van der Waals surface area (Å²) in [5.41, 5.74) is 0. The quantitative estimate of drug-likeness (QED) is 0.718. The van der Waals surface area contributed by atoms with E-state index in [1.54, 1.807) is 0 Å². The van der Waals surface area contributed by atoms with E-state index in [-0.39, 0.29) is 17.0 Å². The normalized spacial score (nSPS) is 12.5. The standard InChI is InChI=1S/C8H10BrNO7S2/c1-18(13,14)3-2-10-19(15,16)6-4-5(8(11)12)17-7(6)9/h4,10H,2-3H2,1H3,(H,11,12). The molecular formula is C8H10BrNO7S2. The molecule has 0 aromatic carbocycles. The molecule has 1 aromatic rings. The molecule has 0 bridgehead atoms. The molecule has 0 saturated heterocycles. The van der Waals surface area contributed by atoms with Gasteiger partial charge in [0.15, 0.2) is 4.67 Å². The van der Waals surface area contributed by atoms with E-state index in [1.165, 1.54) is 0 Å². The lowest BCUT2D eigenvalue weighted by molar-refractivity contribution is 0.0661. The first-order valence-electron chi connectivity index (χ1n) is 4.73. The predicted molar refractivity (Wildman–Crippen MR) is 68.3 cm³/mol. The van der Waals surface area contributed by atoms with Gasteiger partial charge in [-0.25, -0.2) is 26.4 Å². The van der Waals surface area contributed by atoms with Crippen LogP contribution < -0.4 is 4.72 Å². The lowest BCUT2D eigenvalue weighted by atomic mass is 10.5. The number of hydrogen-bond donors (Lipinski definition) is 2. The van der Waals surface area contributed by atoms with Crippen LogP contribution in [0, 0.1) is 0 Å². The predicted octanol–water partition coefficient (Wildman–Crippen LogP) is 0.0632. The summed E-state index contributed by atoms with van der Waals surface area (Å²) in [6.45, 7) is -0.318. The van der Waals surface area contributed by atoms with Crippen molar-refractivity contribution < 1.29 is 31.2 Å². The molecule has 0 aliphatic heterocycles. The van der Waals surface area contributed by atoms with Crippen molar-refractivity contribution in [2.24, 2.45) is 0 Å². The molecule has 0 fully saturated rings. The van der Waals surface area contributed by atoms with Crippen LogP contribution in [0.25, 0.3) is 0 Å². The lowest BCUT2D eigenvalue weighted by Crippen LogP contribution is -2.28. The summed E-state index contributed by atoms with van der Waals surface area (Å²) >= 11 is 2.79.